The van der Waals surface area contributed by atoms with E-state index in [9.17, 15) is 4.79 Å². The average Bonchev–Trinajstić information content (AvgIpc) is 2.93. The summed E-state index contributed by atoms with van der Waals surface area (Å²) in [5.74, 6) is 0.565. The van der Waals surface area contributed by atoms with Crippen molar-refractivity contribution in [1.82, 2.24) is 15.1 Å². The molecule has 2 aromatic rings. The first-order valence-electron chi connectivity index (χ1n) is 6.29. The van der Waals surface area contributed by atoms with Crippen LogP contribution in [0.4, 0.5) is 10.6 Å². The Morgan fingerprint density at radius 1 is 1.55 bits per heavy atom. The smallest absolute Gasteiger partial charge is 0.407 e. The molecule has 1 aliphatic rings. The largest absolute Gasteiger partial charge is 0.465 e. The first kappa shape index (κ1) is 13.0. The van der Waals surface area contributed by atoms with Gasteiger partial charge in [-0.15, -0.1) is 10.2 Å². The van der Waals surface area contributed by atoms with Crippen LogP contribution in [0, 0.1) is 0 Å². The van der Waals surface area contributed by atoms with Gasteiger partial charge in [-0.1, -0.05) is 11.6 Å². The maximum absolute atomic E-state index is 11.0. The Morgan fingerprint density at radius 2 is 2.40 bits per heavy atom. The second kappa shape index (κ2) is 5.16. The highest BCUT2D eigenvalue weighted by Gasteiger charge is 2.24. The third kappa shape index (κ3) is 2.36. The van der Waals surface area contributed by atoms with Gasteiger partial charge < -0.3 is 19.7 Å². The number of rotatable bonds is 2. The Labute approximate surface area is 119 Å². The number of carbonyl (C=O) groups is 1. The summed E-state index contributed by atoms with van der Waals surface area (Å²) in [6, 6.07) is 1.77. The van der Waals surface area contributed by atoms with Crippen LogP contribution in [0.1, 0.15) is 12.8 Å². The molecule has 1 fully saturated rings. The SMILES string of the molecule is O=C(O)N1CCCC(Nc2nnc(Cl)c3occc23)C1. The number of amides is 1. The zero-order chi connectivity index (χ0) is 14.1. The number of anilines is 1. The Morgan fingerprint density at radius 3 is 3.20 bits per heavy atom. The molecule has 0 saturated carbocycles. The van der Waals surface area contributed by atoms with Crippen LogP contribution in [0.15, 0.2) is 16.7 Å². The van der Waals surface area contributed by atoms with E-state index in [0.29, 0.717) is 24.5 Å². The molecule has 0 spiro atoms. The molecule has 1 aliphatic heterocycles. The predicted octanol–water partition coefficient (Wildman–Crippen LogP) is 2.43. The first-order valence-corrected chi connectivity index (χ1v) is 6.66. The van der Waals surface area contributed by atoms with Crippen LogP contribution in [-0.4, -0.2) is 45.4 Å². The molecule has 1 saturated heterocycles. The minimum atomic E-state index is -0.896. The number of halogens is 1. The van der Waals surface area contributed by atoms with Crippen molar-refractivity contribution in [2.75, 3.05) is 18.4 Å². The van der Waals surface area contributed by atoms with Crippen molar-refractivity contribution in [3.05, 3.63) is 17.5 Å². The molecule has 1 atom stereocenters. The molecule has 0 aliphatic carbocycles. The van der Waals surface area contributed by atoms with Crippen molar-refractivity contribution in [3.63, 3.8) is 0 Å². The molecular weight excluding hydrogens is 284 g/mol. The van der Waals surface area contributed by atoms with Crippen LogP contribution in [0.3, 0.4) is 0 Å². The Bertz CT molecular complexity index is 645. The summed E-state index contributed by atoms with van der Waals surface area (Å²) in [6.45, 7) is 1.000. The van der Waals surface area contributed by atoms with Gasteiger partial charge in [0.2, 0.25) is 0 Å². The van der Waals surface area contributed by atoms with Crippen molar-refractivity contribution in [2.45, 2.75) is 18.9 Å². The molecule has 3 heterocycles. The molecule has 106 valence electrons. The van der Waals surface area contributed by atoms with E-state index < -0.39 is 6.09 Å². The van der Waals surface area contributed by atoms with Gasteiger partial charge >= 0.3 is 6.09 Å². The summed E-state index contributed by atoms with van der Waals surface area (Å²) in [5, 5.41) is 21.1. The normalized spacial score (nSPS) is 19.2. The van der Waals surface area contributed by atoms with E-state index in [1.807, 2.05) is 0 Å². The van der Waals surface area contributed by atoms with Gasteiger partial charge in [-0.05, 0) is 18.9 Å². The number of nitrogens with zero attached hydrogens (tertiary/aromatic N) is 3. The van der Waals surface area contributed by atoms with Gasteiger partial charge in [-0.25, -0.2) is 4.79 Å². The highest BCUT2D eigenvalue weighted by atomic mass is 35.5. The molecule has 0 bridgehead atoms. The number of furan rings is 1. The van der Waals surface area contributed by atoms with Gasteiger partial charge in [-0.2, -0.15) is 0 Å². The van der Waals surface area contributed by atoms with Crippen LogP contribution >= 0.6 is 11.6 Å². The second-order valence-electron chi connectivity index (χ2n) is 4.71. The Kier molecular flexibility index (Phi) is 3.35. The summed E-state index contributed by atoms with van der Waals surface area (Å²) in [4.78, 5) is 12.4. The zero-order valence-electron chi connectivity index (χ0n) is 10.5. The number of piperidine rings is 1. The van der Waals surface area contributed by atoms with Crippen molar-refractivity contribution in [2.24, 2.45) is 0 Å². The lowest BCUT2D eigenvalue weighted by atomic mass is 10.1. The monoisotopic (exact) mass is 296 g/mol. The van der Waals surface area contributed by atoms with Gasteiger partial charge in [-0.3, -0.25) is 0 Å². The van der Waals surface area contributed by atoms with E-state index in [-0.39, 0.29) is 11.2 Å². The molecule has 2 aromatic heterocycles. The standard InChI is InChI=1S/C12H13ClN4O3/c13-10-9-8(3-5-20-9)11(16-15-10)14-7-2-1-4-17(6-7)12(18)19/h3,5,7H,1-2,4,6H2,(H,14,16)(H,18,19). The number of hydrogen-bond acceptors (Lipinski definition) is 5. The van der Waals surface area contributed by atoms with Crippen molar-refractivity contribution in [3.8, 4) is 0 Å². The van der Waals surface area contributed by atoms with Crippen LogP contribution in [0.5, 0.6) is 0 Å². The summed E-state index contributed by atoms with van der Waals surface area (Å²) in [6.07, 6.45) is 2.33. The molecule has 7 nitrogen and oxygen atoms in total. The van der Waals surface area contributed by atoms with Crippen molar-refractivity contribution < 1.29 is 14.3 Å². The zero-order valence-corrected chi connectivity index (χ0v) is 11.3. The molecule has 20 heavy (non-hydrogen) atoms. The topological polar surface area (TPSA) is 91.5 Å². The summed E-state index contributed by atoms with van der Waals surface area (Å²) in [5.41, 5.74) is 0.482. The lowest BCUT2D eigenvalue weighted by Gasteiger charge is -2.31. The minimum Gasteiger partial charge on any atom is -0.465 e. The fourth-order valence-electron chi connectivity index (χ4n) is 2.42. The number of likely N-dealkylation sites (tertiary alicyclic amines) is 1. The minimum absolute atomic E-state index is 0.00780. The van der Waals surface area contributed by atoms with Crippen molar-refractivity contribution in [1.29, 1.82) is 0 Å². The summed E-state index contributed by atoms with van der Waals surface area (Å²) >= 11 is 5.90. The quantitative estimate of drug-likeness (QED) is 0.884. The van der Waals surface area contributed by atoms with E-state index in [1.165, 1.54) is 11.2 Å². The van der Waals surface area contributed by atoms with E-state index in [2.05, 4.69) is 15.5 Å². The van der Waals surface area contributed by atoms with Gasteiger partial charge in [0.25, 0.3) is 0 Å². The Hall–Kier alpha value is -2.02. The fraction of sp³-hybridized carbons (Fsp3) is 0.417. The van der Waals surface area contributed by atoms with E-state index in [4.69, 9.17) is 21.1 Å². The van der Waals surface area contributed by atoms with E-state index in [0.717, 1.165) is 18.2 Å². The van der Waals surface area contributed by atoms with Crippen LogP contribution in [0.2, 0.25) is 5.15 Å². The number of aromatic nitrogens is 2. The third-order valence-electron chi connectivity index (χ3n) is 3.38. The van der Waals surface area contributed by atoms with Crippen molar-refractivity contribution >= 4 is 34.5 Å². The van der Waals surface area contributed by atoms with Crippen LogP contribution in [-0.2, 0) is 0 Å². The second-order valence-corrected chi connectivity index (χ2v) is 5.07. The number of hydrogen-bond donors (Lipinski definition) is 2. The molecule has 3 rings (SSSR count). The molecule has 0 radical (unpaired) electrons. The van der Waals surface area contributed by atoms with Crippen LogP contribution in [0.25, 0.3) is 11.0 Å². The van der Waals surface area contributed by atoms with Crippen LogP contribution < -0.4 is 5.32 Å². The molecule has 0 aromatic carbocycles. The average molecular weight is 297 g/mol. The van der Waals surface area contributed by atoms with Gasteiger partial charge in [0, 0.05) is 19.1 Å². The maximum Gasteiger partial charge on any atom is 0.407 e. The van der Waals surface area contributed by atoms with E-state index >= 15 is 0 Å². The first-order chi connectivity index (χ1) is 9.65. The number of nitrogens with one attached hydrogen (secondary N) is 1. The molecule has 1 amide bonds. The van der Waals surface area contributed by atoms with Gasteiger partial charge in [0.15, 0.2) is 16.6 Å². The maximum atomic E-state index is 11.0. The predicted molar refractivity (Wildman–Crippen MR) is 73.1 cm³/mol. The molecular formula is C12H13ClN4O3. The fourth-order valence-corrected chi connectivity index (χ4v) is 2.60. The lowest BCUT2D eigenvalue weighted by Crippen LogP contribution is -2.44. The lowest BCUT2D eigenvalue weighted by molar-refractivity contribution is 0.133. The Balaban J connectivity index is 1.81. The van der Waals surface area contributed by atoms with Gasteiger partial charge in [0.1, 0.15) is 0 Å². The molecule has 2 N–H and O–H groups in total. The summed E-state index contributed by atoms with van der Waals surface area (Å²) in [7, 11) is 0. The third-order valence-corrected chi connectivity index (χ3v) is 3.63. The highest BCUT2D eigenvalue weighted by Crippen LogP contribution is 2.28. The van der Waals surface area contributed by atoms with Gasteiger partial charge in [0.05, 0.1) is 11.6 Å². The highest BCUT2D eigenvalue weighted by molar-refractivity contribution is 6.33. The number of carboxylic acid groups (broad SMARTS) is 1. The summed E-state index contributed by atoms with van der Waals surface area (Å²) < 4.78 is 5.26. The molecule has 1 unspecified atom stereocenters. The number of fused-ring (bicyclic) bond motifs is 1. The van der Waals surface area contributed by atoms with E-state index in [1.54, 1.807) is 6.07 Å². The molecule has 8 heteroatoms.